The van der Waals surface area contributed by atoms with Crippen LogP contribution in [0.5, 0.6) is 11.5 Å². The van der Waals surface area contributed by atoms with Crippen LogP contribution < -0.4 is 9.47 Å². The van der Waals surface area contributed by atoms with Crippen molar-refractivity contribution in [3.63, 3.8) is 0 Å². The van der Waals surface area contributed by atoms with E-state index in [2.05, 4.69) is 0 Å². The van der Waals surface area contributed by atoms with Gasteiger partial charge in [0, 0.05) is 0 Å². The van der Waals surface area contributed by atoms with Gasteiger partial charge in [0.15, 0.2) is 11.5 Å². The third-order valence-corrected chi connectivity index (χ3v) is 2.86. The Balaban J connectivity index is 3.39. The zero-order valence-electron chi connectivity index (χ0n) is 11.8. The van der Waals surface area contributed by atoms with Gasteiger partial charge in [0.2, 0.25) is 0 Å². The van der Waals surface area contributed by atoms with Crippen molar-refractivity contribution in [2.45, 2.75) is 20.8 Å². The summed E-state index contributed by atoms with van der Waals surface area (Å²) in [6, 6.07) is 1.61. The van der Waals surface area contributed by atoms with Gasteiger partial charge < -0.3 is 14.2 Å². The Hall–Kier alpha value is -2.04. The van der Waals surface area contributed by atoms with Crippen molar-refractivity contribution in [2.75, 3.05) is 20.8 Å². The molecule has 0 N–H and O–H groups in total. The summed E-state index contributed by atoms with van der Waals surface area (Å²) in [5, 5.41) is 0. The number of esters is 1. The van der Waals surface area contributed by atoms with E-state index in [1.165, 1.54) is 14.2 Å². The SMILES string of the molecule is CCOC(=O)C(=O)c1cc(C)c(C)c(OC)c1OC. The van der Waals surface area contributed by atoms with Crippen LogP contribution in [0.25, 0.3) is 0 Å². The van der Waals surface area contributed by atoms with Gasteiger partial charge in [-0.3, -0.25) is 4.79 Å². The van der Waals surface area contributed by atoms with Gasteiger partial charge in [0.1, 0.15) is 0 Å². The van der Waals surface area contributed by atoms with Crippen molar-refractivity contribution < 1.29 is 23.8 Å². The van der Waals surface area contributed by atoms with Crippen molar-refractivity contribution in [3.8, 4) is 11.5 Å². The lowest BCUT2D eigenvalue weighted by Crippen LogP contribution is -2.19. The first-order chi connectivity index (χ1) is 8.97. The summed E-state index contributed by atoms with van der Waals surface area (Å²) in [6.45, 7) is 5.48. The van der Waals surface area contributed by atoms with Crippen molar-refractivity contribution in [1.82, 2.24) is 0 Å². The summed E-state index contributed by atoms with van der Waals surface area (Å²) in [6.07, 6.45) is 0. The molecule has 0 spiro atoms. The standard InChI is InChI=1S/C14H18O5/c1-6-19-14(16)11(15)10-7-8(2)9(3)12(17-4)13(10)18-5/h7H,6H2,1-5H3. The van der Waals surface area contributed by atoms with Gasteiger partial charge >= 0.3 is 5.97 Å². The van der Waals surface area contributed by atoms with E-state index in [0.29, 0.717) is 5.75 Å². The van der Waals surface area contributed by atoms with Crippen molar-refractivity contribution in [2.24, 2.45) is 0 Å². The summed E-state index contributed by atoms with van der Waals surface area (Å²) in [7, 11) is 2.91. The second kappa shape index (κ2) is 6.22. The van der Waals surface area contributed by atoms with E-state index in [9.17, 15) is 9.59 Å². The Morgan fingerprint density at radius 3 is 2.16 bits per heavy atom. The number of methoxy groups -OCH3 is 2. The molecule has 0 aromatic heterocycles. The van der Waals surface area contributed by atoms with E-state index >= 15 is 0 Å². The van der Waals surface area contributed by atoms with Gasteiger partial charge in [0.25, 0.3) is 5.78 Å². The highest BCUT2D eigenvalue weighted by Crippen LogP contribution is 2.36. The van der Waals surface area contributed by atoms with Crippen LogP contribution in [0.2, 0.25) is 0 Å². The average molecular weight is 266 g/mol. The molecule has 0 bridgehead atoms. The summed E-state index contributed by atoms with van der Waals surface area (Å²) < 4.78 is 15.2. The Morgan fingerprint density at radius 1 is 1.11 bits per heavy atom. The molecule has 0 aliphatic rings. The van der Waals surface area contributed by atoms with E-state index in [-0.39, 0.29) is 17.9 Å². The highest BCUT2D eigenvalue weighted by atomic mass is 16.5. The number of rotatable bonds is 5. The maximum absolute atomic E-state index is 12.0. The maximum atomic E-state index is 12.0. The average Bonchev–Trinajstić information content (AvgIpc) is 2.40. The lowest BCUT2D eigenvalue weighted by atomic mass is 10.0. The Labute approximate surface area is 112 Å². The Bertz CT molecular complexity index is 505. The molecule has 0 saturated carbocycles. The quantitative estimate of drug-likeness (QED) is 0.464. The minimum atomic E-state index is -0.897. The molecule has 1 aromatic carbocycles. The van der Waals surface area contributed by atoms with E-state index in [4.69, 9.17) is 14.2 Å². The van der Waals surface area contributed by atoms with Gasteiger partial charge in [-0.25, -0.2) is 4.79 Å². The molecule has 0 saturated heterocycles. The summed E-state index contributed by atoms with van der Waals surface area (Å²) in [4.78, 5) is 23.6. The van der Waals surface area contributed by atoms with Gasteiger partial charge in [-0.15, -0.1) is 0 Å². The predicted octanol–water partition coefficient (Wildman–Crippen LogP) is 2.07. The van der Waals surface area contributed by atoms with E-state index in [1.807, 2.05) is 13.8 Å². The first-order valence-corrected chi connectivity index (χ1v) is 5.91. The normalized spacial score (nSPS) is 9.95. The number of carbonyl (C=O) groups excluding carboxylic acids is 2. The topological polar surface area (TPSA) is 61.8 Å². The summed E-state index contributed by atoms with van der Waals surface area (Å²) in [5.74, 6) is -0.926. The lowest BCUT2D eigenvalue weighted by Gasteiger charge is -2.16. The third-order valence-electron chi connectivity index (χ3n) is 2.86. The molecule has 104 valence electrons. The fourth-order valence-electron chi connectivity index (χ4n) is 1.79. The predicted molar refractivity (Wildman–Crippen MR) is 70.0 cm³/mol. The van der Waals surface area contributed by atoms with Crippen LogP contribution in [0.4, 0.5) is 0 Å². The Morgan fingerprint density at radius 2 is 1.68 bits per heavy atom. The van der Waals surface area contributed by atoms with Crippen LogP contribution in [0.3, 0.4) is 0 Å². The van der Waals surface area contributed by atoms with Crippen LogP contribution in [0.15, 0.2) is 6.07 Å². The molecular weight excluding hydrogens is 248 g/mol. The molecule has 0 fully saturated rings. The van der Waals surface area contributed by atoms with Crippen molar-refractivity contribution in [3.05, 3.63) is 22.8 Å². The molecule has 1 aromatic rings. The summed E-state index contributed by atoms with van der Waals surface area (Å²) >= 11 is 0. The fourth-order valence-corrected chi connectivity index (χ4v) is 1.79. The number of aryl methyl sites for hydroxylation is 1. The van der Waals surface area contributed by atoms with Crippen LogP contribution >= 0.6 is 0 Å². The summed E-state index contributed by atoms with van der Waals surface area (Å²) in [5.41, 5.74) is 1.85. The number of Topliss-reactive ketones (excluding diaryl/α,β-unsaturated/α-hetero) is 1. The van der Waals surface area contributed by atoms with Crippen molar-refractivity contribution in [1.29, 1.82) is 0 Å². The molecule has 1 rings (SSSR count). The zero-order chi connectivity index (χ0) is 14.6. The lowest BCUT2D eigenvalue weighted by molar-refractivity contribution is -0.137. The molecule has 0 amide bonds. The van der Waals surface area contributed by atoms with Gasteiger partial charge in [-0.2, -0.15) is 0 Å². The van der Waals surface area contributed by atoms with Crippen LogP contribution in [0, 0.1) is 13.8 Å². The van der Waals surface area contributed by atoms with Gasteiger partial charge in [-0.05, 0) is 38.0 Å². The van der Waals surface area contributed by atoms with Crippen molar-refractivity contribution >= 4 is 11.8 Å². The molecule has 0 atom stereocenters. The first-order valence-electron chi connectivity index (χ1n) is 5.91. The van der Waals surface area contributed by atoms with Gasteiger partial charge in [0.05, 0.1) is 26.4 Å². The number of ketones is 1. The molecule has 0 aliphatic heterocycles. The Kier molecular flexibility index (Phi) is 4.92. The maximum Gasteiger partial charge on any atom is 0.379 e. The molecule has 5 nitrogen and oxygen atoms in total. The number of carbonyl (C=O) groups is 2. The number of ether oxygens (including phenoxy) is 3. The molecule has 0 radical (unpaired) electrons. The minimum Gasteiger partial charge on any atom is -0.493 e. The second-order valence-corrected chi connectivity index (χ2v) is 3.98. The van der Waals surface area contributed by atoms with E-state index in [0.717, 1.165) is 11.1 Å². The van der Waals surface area contributed by atoms with E-state index in [1.54, 1.807) is 13.0 Å². The molecule has 5 heteroatoms. The third kappa shape index (κ3) is 2.86. The second-order valence-electron chi connectivity index (χ2n) is 3.98. The monoisotopic (exact) mass is 266 g/mol. The van der Waals surface area contributed by atoms with E-state index < -0.39 is 11.8 Å². The minimum absolute atomic E-state index is 0.148. The number of benzene rings is 1. The van der Waals surface area contributed by atoms with Gasteiger partial charge in [-0.1, -0.05) is 0 Å². The molecule has 19 heavy (non-hydrogen) atoms. The fraction of sp³-hybridized carbons (Fsp3) is 0.429. The number of hydrogen-bond donors (Lipinski definition) is 0. The van der Waals surface area contributed by atoms with Crippen LogP contribution in [-0.2, 0) is 9.53 Å². The smallest absolute Gasteiger partial charge is 0.379 e. The molecule has 0 unspecified atom stereocenters. The zero-order valence-corrected chi connectivity index (χ0v) is 11.8. The first kappa shape index (κ1) is 15.0. The molecular formula is C14H18O5. The molecule has 0 heterocycles. The van der Waals surface area contributed by atoms with Crippen LogP contribution in [0.1, 0.15) is 28.4 Å². The number of hydrogen-bond acceptors (Lipinski definition) is 5. The molecule has 0 aliphatic carbocycles. The highest BCUT2D eigenvalue weighted by molar-refractivity contribution is 6.41. The highest BCUT2D eigenvalue weighted by Gasteiger charge is 2.26. The largest absolute Gasteiger partial charge is 0.493 e. The van der Waals surface area contributed by atoms with Crippen LogP contribution in [-0.4, -0.2) is 32.6 Å².